The molecule has 2 aromatic heterocycles. The third-order valence-corrected chi connectivity index (χ3v) is 10.4. The van der Waals surface area contributed by atoms with Crippen LogP contribution in [0.5, 0.6) is 23.1 Å². The van der Waals surface area contributed by atoms with Gasteiger partial charge in [-0.25, -0.2) is 4.98 Å². The Hall–Kier alpha value is -4.47. The van der Waals surface area contributed by atoms with E-state index in [1.807, 2.05) is 47.3 Å². The van der Waals surface area contributed by atoms with Gasteiger partial charge in [-0.1, -0.05) is 146 Å². The Morgan fingerprint density at radius 2 is 1.09 bits per heavy atom. The van der Waals surface area contributed by atoms with E-state index < -0.39 is 0 Å². The Balaban J connectivity index is 0.00000641. The smallest absolute Gasteiger partial charge is 0.509 e. The van der Waals surface area contributed by atoms with Crippen LogP contribution >= 0.6 is 0 Å². The summed E-state index contributed by atoms with van der Waals surface area (Å²) in [6.07, 6.45) is 5.82. The predicted octanol–water partition coefficient (Wildman–Crippen LogP) is 14.3. The molecule has 0 amide bonds. The molecule has 58 heavy (non-hydrogen) atoms. The molecule has 0 atom stereocenters. The molecule has 306 valence electrons. The predicted molar refractivity (Wildman–Crippen MR) is 236 cm³/mol. The molecule has 6 aromatic rings. The van der Waals surface area contributed by atoms with E-state index in [4.69, 9.17) is 14.6 Å². The summed E-state index contributed by atoms with van der Waals surface area (Å²) in [5, 5.41) is 4.84. The maximum atomic E-state index is 6.48. The van der Waals surface area contributed by atoms with Crippen LogP contribution in [0.1, 0.15) is 132 Å². The van der Waals surface area contributed by atoms with Crippen molar-refractivity contribution in [1.82, 2.24) is 14.8 Å². The number of aromatic nitrogens is 3. The van der Waals surface area contributed by atoms with Gasteiger partial charge in [0.2, 0.25) is 5.88 Å². The quantitative estimate of drug-likeness (QED) is 0.150. The van der Waals surface area contributed by atoms with E-state index in [2.05, 4.69) is 170 Å². The van der Waals surface area contributed by atoms with Crippen molar-refractivity contribution in [3.05, 3.63) is 137 Å². The summed E-state index contributed by atoms with van der Waals surface area (Å²) in [4.78, 5) is 4.56. The average molecular weight is 955 g/mol. The van der Waals surface area contributed by atoms with Gasteiger partial charge in [-0.05, 0) is 77.8 Å². The molecule has 4 aromatic carbocycles. The Bertz CT molecular complexity index is 2360. The number of hydrogen-bond donors (Lipinski definition) is 0. The minimum atomic E-state index is -0.147. The van der Waals surface area contributed by atoms with Gasteiger partial charge in [0.15, 0.2) is 0 Å². The van der Waals surface area contributed by atoms with Crippen LogP contribution < -0.4 is 9.47 Å². The van der Waals surface area contributed by atoms with E-state index in [-0.39, 0.29) is 48.1 Å². The van der Waals surface area contributed by atoms with Gasteiger partial charge in [-0.2, -0.15) is 11.2 Å². The Kier molecular flexibility index (Phi) is 12.5. The molecule has 0 radical (unpaired) electrons. The summed E-state index contributed by atoms with van der Waals surface area (Å²) in [5.41, 5.74) is 11.4. The van der Waals surface area contributed by atoms with Crippen molar-refractivity contribution in [2.45, 2.75) is 131 Å². The zero-order valence-corrected chi connectivity index (χ0v) is 39.5. The maximum absolute atomic E-state index is 6.48. The Morgan fingerprint density at radius 1 is 0.500 bits per heavy atom. The van der Waals surface area contributed by atoms with Gasteiger partial charge >= 0.3 is 21.1 Å². The van der Waals surface area contributed by atoms with Crippen LogP contribution in [-0.4, -0.2) is 14.8 Å². The molecule has 5 nitrogen and oxygen atoms in total. The van der Waals surface area contributed by atoms with E-state index in [1.54, 1.807) is 6.20 Å². The van der Waals surface area contributed by atoms with Gasteiger partial charge in [0.05, 0.1) is 6.20 Å². The topological polar surface area (TPSA) is 49.2 Å². The van der Waals surface area contributed by atoms with Crippen LogP contribution in [0, 0.1) is 12.1 Å². The summed E-state index contributed by atoms with van der Waals surface area (Å²) < 4.78 is 14.7. The van der Waals surface area contributed by atoms with Gasteiger partial charge in [0, 0.05) is 41.3 Å². The first-order valence-corrected chi connectivity index (χ1v) is 20.1. The first-order chi connectivity index (χ1) is 26.3. The van der Waals surface area contributed by atoms with Crippen LogP contribution in [-0.2, 0) is 48.1 Å². The second-order valence-corrected chi connectivity index (χ2v) is 20.6. The SMILES string of the molecule is CC(C)(C)c1cc(Oc2[c-]c(Oc3cc(-c4ccc(C(C)(C)C)cc4C(C)(C)C)ccn3)ccc2)[c-]c(-n2cc(-c3cc(C(C)(C)C)cc(C(C)(C)C)c3)cn2)c1.[Pt+2]. The van der Waals surface area contributed by atoms with Gasteiger partial charge in [-0.15, -0.1) is 35.9 Å². The number of nitrogens with zero attached hydrogens (tertiary/aromatic N) is 3. The molecule has 0 aliphatic carbocycles. The number of ether oxygens (including phenoxy) is 2. The molecule has 0 fully saturated rings. The summed E-state index contributed by atoms with van der Waals surface area (Å²) in [6, 6.07) is 34.4. The number of rotatable bonds is 7. The van der Waals surface area contributed by atoms with Gasteiger partial charge in [0.25, 0.3) is 0 Å². The molecular formula is C52H61N3O2Pt. The second-order valence-electron chi connectivity index (χ2n) is 20.6. The molecule has 0 unspecified atom stereocenters. The van der Waals surface area contributed by atoms with E-state index in [1.165, 1.54) is 27.8 Å². The van der Waals surface area contributed by atoms with Crippen molar-refractivity contribution in [1.29, 1.82) is 0 Å². The third-order valence-electron chi connectivity index (χ3n) is 10.4. The molecule has 0 bridgehead atoms. The Labute approximate surface area is 362 Å². The number of benzene rings is 4. The molecule has 0 aliphatic rings. The first-order valence-electron chi connectivity index (χ1n) is 20.1. The molecule has 6 heteroatoms. The fraction of sp³-hybridized carbons (Fsp3) is 0.385. The van der Waals surface area contributed by atoms with Crippen molar-refractivity contribution in [3.63, 3.8) is 0 Å². The minimum absolute atomic E-state index is 0. The van der Waals surface area contributed by atoms with Crippen LogP contribution in [0.3, 0.4) is 0 Å². The molecular weight excluding hydrogens is 894 g/mol. The third kappa shape index (κ3) is 10.6. The summed E-state index contributed by atoms with van der Waals surface area (Å²) in [7, 11) is 0. The largest absolute Gasteiger partial charge is 2.00 e. The first kappa shape index (κ1) is 44.6. The molecule has 0 saturated heterocycles. The van der Waals surface area contributed by atoms with Crippen molar-refractivity contribution in [2.24, 2.45) is 0 Å². The molecule has 0 N–H and O–H groups in total. The zero-order valence-electron chi connectivity index (χ0n) is 37.2. The van der Waals surface area contributed by atoms with Crippen LogP contribution in [0.15, 0.2) is 97.5 Å². The Morgan fingerprint density at radius 3 is 1.67 bits per heavy atom. The molecule has 0 spiro atoms. The normalized spacial score (nSPS) is 12.6. The van der Waals surface area contributed by atoms with Crippen LogP contribution in [0.25, 0.3) is 27.9 Å². The average Bonchev–Trinajstić information content (AvgIpc) is 3.60. The fourth-order valence-corrected chi connectivity index (χ4v) is 6.70. The van der Waals surface area contributed by atoms with E-state index in [9.17, 15) is 0 Å². The van der Waals surface area contributed by atoms with E-state index >= 15 is 0 Å². The summed E-state index contributed by atoms with van der Waals surface area (Å²) >= 11 is 0. The van der Waals surface area contributed by atoms with E-state index in [0.29, 0.717) is 23.1 Å². The standard InChI is InChI=1S/C52H61N3O2.Pt/c1-48(2,3)37-19-20-45(46(29-37)52(13,14)15)34-21-22-53-47(25-34)57-43-18-16-17-42(31-43)56-44-28-40(51(10,11)12)27-41(30-44)55-33-36(32-54-55)35-23-38(49(4,5)6)26-39(24-35)50(7,8)9;/h16-29,32-33H,1-15H3;/q-2;+2. The maximum Gasteiger partial charge on any atom is 2.00 e. The minimum Gasteiger partial charge on any atom is -0.509 e. The van der Waals surface area contributed by atoms with Gasteiger partial charge in [0.1, 0.15) is 0 Å². The monoisotopic (exact) mass is 954 g/mol. The van der Waals surface area contributed by atoms with Crippen molar-refractivity contribution >= 4 is 0 Å². The van der Waals surface area contributed by atoms with Crippen LogP contribution in [0.2, 0.25) is 0 Å². The zero-order chi connectivity index (χ0) is 41.7. The fourth-order valence-electron chi connectivity index (χ4n) is 6.70. The van der Waals surface area contributed by atoms with Gasteiger partial charge in [-0.3, -0.25) is 4.68 Å². The molecule has 0 saturated carbocycles. The number of pyridine rings is 1. The summed E-state index contributed by atoms with van der Waals surface area (Å²) in [5.74, 6) is 2.08. The van der Waals surface area contributed by atoms with Crippen molar-refractivity contribution < 1.29 is 30.5 Å². The molecule has 6 rings (SSSR count). The van der Waals surface area contributed by atoms with Crippen molar-refractivity contribution in [3.8, 4) is 51.1 Å². The molecule has 0 aliphatic heterocycles. The molecule has 2 heterocycles. The second kappa shape index (κ2) is 16.3. The number of hydrogen-bond acceptors (Lipinski definition) is 4. The van der Waals surface area contributed by atoms with Crippen molar-refractivity contribution in [2.75, 3.05) is 0 Å². The van der Waals surface area contributed by atoms with Crippen LogP contribution in [0.4, 0.5) is 0 Å². The van der Waals surface area contributed by atoms with Gasteiger partial charge < -0.3 is 9.47 Å². The van der Waals surface area contributed by atoms with E-state index in [0.717, 1.165) is 27.9 Å². The summed E-state index contributed by atoms with van der Waals surface area (Å²) in [6.45, 7) is 33.7.